The first-order chi connectivity index (χ1) is 10.0. The lowest BCUT2D eigenvalue weighted by atomic mass is 10.2. The molecule has 0 aliphatic rings. The highest BCUT2D eigenvalue weighted by Gasteiger charge is 2.12. The van der Waals surface area contributed by atoms with Crippen LogP contribution in [0.25, 0.3) is 11.0 Å². The minimum atomic E-state index is -0.197. The van der Waals surface area contributed by atoms with E-state index in [9.17, 15) is 4.39 Å². The molecule has 0 bridgehead atoms. The molecule has 0 aliphatic carbocycles. The third-order valence-electron chi connectivity index (χ3n) is 3.66. The second-order valence-electron chi connectivity index (χ2n) is 5.72. The molecule has 0 saturated carbocycles. The summed E-state index contributed by atoms with van der Waals surface area (Å²) in [6.07, 6.45) is 2.92. The third-order valence-corrected chi connectivity index (χ3v) is 3.85. The number of fused-ring (bicyclic) bond motifs is 1. The van der Waals surface area contributed by atoms with Gasteiger partial charge in [-0.2, -0.15) is 0 Å². The molecule has 1 aromatic carbocycles. The molecular weight excluding hydrogens is 289 g/mol. The fourth-order valence-corrected chi connectivity index (χ4v) is 2.69. The highest BCUT2D eigenvalue weighted by molar-refractivity contribution is 6.17. The van der Waals surface area contributed by atoms with Gasteiger partial charge in [0.2, 0.25) is 0 Å². The van der Waals surface area contributed by atoms with Crippen LogP contribution in [0.1, 0.15) is 24.2 Å². The van der Waals surface area contributed by atoms with Crippen molar-refractivity contribution in [3.63, 3.8) is 0 Å². The molecule has 116 valence electrons. The van der Waals surface area contributed by atoms with E-state index in [1.807, 2.05) is 6.07 Å². The Hall–Kier alpha value is -1.13. The molecule has 3 nitrogen and oxygen atoms in total. The van der Waals surface area contributed by atoms with Gasteiger partial charge >= 0.3 is 0 Å². The van der Waals surface area contributed by atoms with E-state index in [2.05, 4.69) is 28.5 Å². The van der Waals surface area contributed by atoms with Crippen LogP contribution in [-0.2, 0) is 13.0 Å². The number of benzene rings is 1. The van der Waals surface area contributed by atoms with Crippen molar-refractivity contribution in [2.24, 2.45) is 0 Å². The molecule has 0 fully saturated rings. The molecule has 2 aromatic rings. The Morgan fingerprint density at radius 2 is 2.05 bits per heavy atom. The first-order valence-corrected chi connectivity index (χ1v) is 7.92. The number of hydrogen-bond donors (Lipinski definition) is 0. The molecule has 0 atom stereocenters. The van der Waals surface area contributed by atoms with Crippen LogP contribution < -0.4 is 0 Å². The minimum Gasteiger partial charge on any atom is -0.328 e. The van der Waals surface area contributed by atoms with Gasteiger partial charge in [0.1, 0.15) is 11.6 Å². The van der Waals surface area contributed by atoms with Crippen molar-refractivity contribution in [1.29, 1.82) is 0 Å². The van der Waals surface area contributed by atoms with Gasteiger partial charge in [0.05, 0.1) is 11.0 Å². The van der Waals surface area contributed by atoms with Crippen molar-refractivity contribution < 1.29 is 4.39 Å². The predicted octanol–water partition coefficient (Wildman–Crippen LogP) is 3.61. The summed E-state index contributed by atoms with van der Waals surface area (Å²) in [5.41, 5.74) is 2.40. The molecule has 1 aromatic heterocycles. The average molecular weight is 312 g/mol. The van der Waals surface area contributed by atoms with E-state index in [0.29, 0.717) is 17.9 Å². The molecule has 0 amide bonds. The topological polar surface area (TPSA) is 21.1 Å². The molecule has 0 aliphatic heterocycles. The number of alkyl halides is 1. The normalized spacial score (nSPS) is 11.7. The Kier molecular flexibility index (Phi) is 5.59. The Morgan fingerprint density at radius 1 is 1.29 bits per heavy atom. The van der Waals surface area contributed by atoms with Crippen molar-refractivity contribution in [2.45, 2.75) is 32.7 Å². The number of halogens is 2. The van der Waals surface area contributed by atoms with Crippen LogP contribution in [0.3, 0.4) is 0 Å². The van der Waals surface area contributed by atoms with Gasteiger partial charge < -0.3 is 9.47 Å². The first kappa shape index (κ1) is 16.2. The molecule has 2 rings (SSSR count). The number of aromatic nitrogens is 2. The van der Waals surface area contributed by atoms with E-state index in [1.54, 1.807) is 6.92 Å². The van der Waals surface area contributed by atoms with Gasteiger partial charge in [-0.25, -0.2) is 9.37 Å². The van der Waals surface area contributed by atoms with Crippen molar-refractivity contribution in [1.82, 2.24) is 14.5 Å². The molecule has 21 heavy (non-hydrogen) atoms. The second-order valence-corrected chi connectivity index (χ2v) is 6.10. The molecule has 5 heteroatoms. The van der Waals surface area contributed by atoms with Crippen molar-refractivity contribution in [2.75, 3.05) is 26.5 Å². The van der Waals surface area contributed by atoms with E-state index < -0.39 is 0 Å². The summed E-state index contributed by atoms with van der Waals surface area (Å²) < 4.78 is 15.9. The summed E-state index contributed by atoms with van der Waals surface area (Å²) in [6.45, 7) is 3.77. The van der Waals surface area contributed by atoms with Crippen LogP contribution in [0.15, 0.2) is 12.1 Å². The smallest absolute Gasteiger partial charge is 0.128 e. The van der Waals surface area contributed by atoms with E-state index in [-0.39, 0.29) is 5.82 Å². The number of rotatable bonds is 7. The van der Waals surface area contributed by atoms with Crippen molar-refractivity contribution in [3.05, 3.63) is 29.3 Å². The zero-order valence-electron chi connectivity index (χ0n) is 13.0. The van der Waals surface area contributed by atoms with Crippen molar-refractivity contribution in [3.8, 4) is 0 Å². The Balaban J connectivity index is 2.25. The van der Waals surface area contributed by atoms with Crippen LogP contribution in [-0.4, -0.2) is 41.0 Å². The highest BCUT2D eigenvalue weighted by Crippen LogP contribution is 2.21. The number of hydrogen-bond acceptors (Lipinski definition) is 2. The Morgan fingerprint density at radius 3 is 2.71 bits per heavy atom. The van der Waals surface area contributed by atoms with Crippen LogP contribution in [0.2, 0.25) is 0 Å². The van der Waals surface area contributed by atoms with Crippen molar-refractivity contribution >= 4 is 22.6 Å². The van der Waals surface area contributed by atoms with E-state index >= 15 is 0 Å². The molecule has 0 unspecified atom stereocenters. The van der Waals surface area contributed by atoms with E-state index in [0.717, 1.165) is 42.8 Å². The summed E-state index contributed by atoms with van der Waals surface area (Å²) >= 11 is 5.87. The lowest BCUT2D eigenvalue weighted by Crippen LogP contribution is -2.14. The molecule has 0 N–H and O–H groups in total. The second kappa shape index (κ2) is 7.23. The summed E-state index contributed by atoms with van der Waals surface area (Å²) in [5, 5.41) is 0. The first-order valence-electron chi connectivity index (χ1n) is 7.39. The quantitative estimate of drug-likeness (QED) is 0.575. The van der Waals surface area contributed by atoms with Gasteiger partial charge in [-0.05, 0) is 52.0 Å². The number of aryl methyl sites for hydroxylation is 3. The van der Waals surface area contributed by atoms with Crippen LogP contribution in [0, 0.1) is 12.7 Å². The van der Waals surface area contributed by atoms with Crippen LogP contribution in [0.5, 0.6) is 0 Å². The molecule has 0 saturated heterocycles. The fraction of sp³-hybridized carbons (Fsp3) is 0.562. The van der Waals surface area contributed by atoms with Gasteiger partial charge in [-0.1, -0.05) is 0 Å². The summed E-state index contributed by atoms with van der Waals surface area (Å²) in [6, 6.07) is 3.42. The Bertz CT molecular complexity index is 607. The SMILES string of the molecule is Cc1cc2c(cc1F)nc(CCCl)n2CCCCN(C)C. The summed E-state index contributed by atoms with van der Waals surface area (Å²) in [4.78, 5) is 6.73. The standard InChI is InChI=1S/C16H23ClFN3/c1-12-10-15-14(11-13(12)18)19-16(6-7-17)21(15)9-5-4-8-20(2)3/h10-11H,4-9H2,1-3H3. The lowest BCUT2D eigenvalue weighted by Gasteiger charge is -2.11. The monoisotopic (exact) mass is 311 g/mol. The largest absolute Gasteiger partial charge is 0.328 e. The summed E-state index contributed by atoms with van der Waals surface area (Å²) in [5.74, 6) is 1.29. The summed E-state index contributed by atoms with van der Waals surface area (Å²) in [7, 11) is 4.16. The van der Waals surface area contributed by atoms with Gasteiger partial charge in [-0.15, -0.1) is 11.6 Å². The van der Waals surface area contributed by atoms with Gasteiger partial charge in [0, 0.05) is 24.9 Å². The van der Waals surface area contributed by atoms with Gasteiger partial charge in [0.25, 0.3) is 0 Å². The van der Waals surface area contributed by atoms with Crippen LogP contribution in [0.4, 0.5) is 4.39 Å². The van der Waals surface area contributed by atoms with Gasteiger partial charge in [0.15, 0.2) is 0 Å². The van der Waals surface area contributed by atoms with E-state index in [1.165, 1.54) is 6.07 Å². The number of imidazole rings is 1. The third kappa shape index (κ3) is 3.95. The predicted molar refractivity (Wildman–Crippen MR) is 86.6 cm³/mol. The fourth-order valence-electron chi connectivity index (χ4n) is 2.52. The highest BCUT2D eigenvalue weighted by atomic mass is 35.5. The molecule has 0 radical (unpaired) electrons. The molecule has 1 heterocycles. The number of unbranched alkanes of at least 4 members (excludes halogenated alkanes) is 1. The van der Waals surface area contributed by atoms with Gasteiger partial charge in [-0.3, -0.25) is 0 Å². The lowest BCUT2D eigenvalue weighted by molar-refractivity contribution is 0.387. The minimum absolute atomic E-state index is 0.197. The number of nitrogens with zero attached hydrogens (tertiary/aromatic N) is 3. The Labute approximate surface area is 130 Å². The zero-order chi connectivity index (χ0) is 15.4. The average Bonchev–Trinajstić information content (AvgIpc) is 2.73. The van der Waals surface area contributed by atoms with E-state index in [4.69, 9.17) is 11.6 Å². The maximum Gasteiger partial charge on any atom is 0.128 e. The molecule has 0 spiro atoms. The molecular formula is C16H23ClFN3. The maximum atomic E-state index is 13.7. The maximum absolute atomic E-state index is 13.7. The zero-order valence-corrected chi connectivity index (χ0v) is 13.8. The van der Waals surface area contributed by atoms with Crippen LogP contribution >= 0.6 is 11.6 Å².